The molecule has 0 radical (unpaired) electrons. The molecule has 1 N–H and O–H groups in total. The first-order chi connectivity index (χ1) is 6.70. The van der Waals surface area contributed by atoms with E-state index in [1.807, 2.05) is 31.2 Å². The van der Waals surface area contributed by atoms with Crippen molar-refractivity contribution in [1.82, 2.24) is 0 Å². The van der Waals surface area contributed by atoms with E-state index in [0.29, 0.717) is 6.42 Å². The summed E-state index contributed by atoms with van der Waals surface area (Å²) in [6.07, 6.45) is 2.37. The van der Waals surface area contributed by atoms with E-state index < -0.39 is 11.4 Å². The fraction of sp³-hybridized carbons (Fsp3) is 0.417. The Hall–Kier alpha value is -1.31. The Morgan fingerprint density at radius 1 is 1.50 bits per heavy atom. The first-order valence-electron chi connectivity index (χ1n) is 5.02. The highest BCUT2D eigenvalue weighted by atomic mass is 16.4. The molecule has 14 heavy (non-hydrogen) atoms. The number of hydrogen-bond acceptors (Lipinski definition) is 1. The second-order valence-corrected chi connectivity index (χ2v) is 3.97. The SMILES string of the molecule is CCCC1(C(=O)O)Cc2ccccc21. The van der Waals surface area contributed by atoms with E-state index in [1.165, 1.54) is 5.56 Å². The standard InChI is InChI=1S/C12H14O2/c1-2-7-12(11(13)14)8-9-5-3-4-6-10(9)12/h3-6H,2,7-8H2,1H3,(H,13,14). The summed E-state index contributed by atoms with van der Waals surface area (Å²) >= 11 is 0. The minimum atomic E-state index is -0.668. The van der Waals surface area contributed by atoms with E-state index >= 15 is 0 Å². The van der Waals surface area contributed by atoms with Gasteiger partial charge in [-0.15, -0.1) is 0 Å². The summed E-state index contributed by atoms with van der Waals surface area (Å²) < 4.78 is 0. The molecule has 1 unspecified atom stereocenters. The molecular formula is C12H14O2. The molecule has 2 rings (SSSR count). The number of carbonyl (C=O) groups is 1. The molecule has 2 heteroatoms. The normalized spacial score (nSPS) is 23.8. The predicted molar refractivity (Wildman–Crippen MR) is 54.4 cm³/mol. The molecule has 1 aromatic carbocycles. The topological polar surface area (TPSA) is 37.3 Å². The average molecular weight is 190 g/mol. The van der Waals surface area contributed by atoms with Crippen molar-refractivity contribution >= 4 is 5.97 Å². The summed E-state index contributed by atoms with van der Waals surface area (Å²) in [7, 11) is 0. The number of hydrogen-bond donors (Lipinski definition) is 1. The van der Waals surface area contributed by atoms with Crippen LogP contribution in [0.15, 0.2) is 24.3 Å². The van der Waals surface area contributed by atoms with Crippen LogP contribution in [0.5, 0.6) is 0 Å². The maximum atomic E-state index is 11.3. The van der Waals surface area contributed by atoms with E-state index in [2.05, 4.69) is 0 Å². The largest absolute Gasteiger partial charge is 0.481 e. The van der Waals surface area contributed by atoms with Gasteiger partial charge in [0, 0.05) is 0 Å². The molecule has 1 atom stereocenters. The van der Waals surface area contributed by atoms with Crippen molar-refractivity contribution in [2.24, 2.45) is 0 Å². The van der Waals surface area contributed by atoms with Crippen molar-refractivity contribution < 1.29 is 9.90 Å². The molecule has 1 aromatic rings. The van der Waals surface area contributed by atoms with Crippen LogP contribution in [0.1, 0.15) is 30.9 Å². The van der Waals surface area contributed by atoms with Gasteiger partial charge >= 0.3 is 5.97 Å². The minimum Gasteiger partial charge on any atom is -0.481 e. The highest BCUT2D eigenvalue weighted by Gasteiger charge is 2.47. The Bertz CT molecular complexity index is 370. The van der Waals surface area contributed by atoms with Gasteiger partial charge in [-0.25, -0.2) is 0 Å². The van der Waals surface area contributed by atoms with Crippen molar-refractivity contribution in [2.75, 3.05) is 0 Å². The molecule has 0 spiro atoms. The van der Waals surface area contributed by atoms with E-state index in [-0.39, 0.29) is 0 Å². The second-order valence-electron chi connectivity index (χ2n) is 3.97. The van der Waals surface area contributed by atoms with E-state index in [1.54, 1.807) is 0 Å². The van der Waals surface area contributed by atoms with Crippen molar-refractivity contribution in [2.45, 2.75) is 31.6 Å². The lowest BCUT2D eigenvalue weighted by Gasteiger charge is -2.40. The zero-order chi connectivity index (χ0) is 10.2. The zero-order valence-corrected chi connectivity index (χ0v) is 8.29. The van der Waals surface area contributed by atoms with Crippen molar-refractivity contribution in [1.29, 1.82) is 0 Å². The molecule has 74 valence electrons. The van der Waals surface area contributed by atoms with Crippen molar-refractivity contribution in [3.63, 3.8) is 0 Å². The molecule has 0 aromatic heterocycles. The molecule has 0 heterocycles. The maximum Gasteiger partial charge on any atom is 0.314 e. The summed E-state index contributed by atoms with van der Waals surface area (Å²) in [6, 6.07) is 7.86. The first-order valence-corrected chi connectivity index (χ1v) is 5.02. The lowest BCUT2D eigenvalue weighted by molar-refractivity contribution is -0.145. The van der Waals surface area contributed by atoms with Gasteiger partial charge in [0.25, 0.3) is 0 Å². The summed E-state index contributed by atoms with van der Waals surface area (Å²) in [6.45, 7) is 2.03. The fourth-order valence-corrected chi connectivity index (χ4v) is 2.40. The molecule has 1 aliphatic rings. The van der Waals surface area contributed by atoms with Gasteiger partial charge in [-0.3, -0.25) is 4.79 Å². The van der Waals surface area contributed by atoms with Gasteiger partial charge in [-0.1, -0.05) is 37.6 Å². The highest BCUT2D eigenvalue weighted by Crippen LogP contribution is 2.44. The third-order valence-corrected chi connectivity index (χ3v) is 3.11. The smallest absolute Gasteiger partial charge is 0.314 e. The van der Waals surface area contributed by atoms with Gasteiger partial charge in [0.1, 0.15) is 0 Å². The first kappa shape index (κ1) is 9.25. The average Bonchev–Trinajstić information content (AvgIpc) is 2.13. The lowest BCUT2D eigenvalue weighted by atomic mass is 9.62. The molecule has 0 fully saturated rings. The maximum absolute atomic E-state index is 11.3. The third kappa shape index (κ3) is 1.07. The van der Waals surface area contributed by atoms with E-state index in [4.69, 9.17) is 0 Å². The number of rotatable bonds is 3. The monoisotopic (exact) mass is 190 g/mol. The van der Waals surface area contributed by atoms with Crippen molar-refractivity contribution in [3.8, 4) is 0 Å². The van der Waals surface area contributed by atoms with Crippen LogP contribution in [0, 0.1) is 0 Å². The molecule has 2 nitrogen and oxygen atoms in total. The number of carboxylic acid groups (broad SMARTS) is 1. The molecule has 0 bridgehead atoms. The van der Waals surface area contributed by atoms with Gasteiger partial charge in [0.2, 0.25) is 0 Å². The lowest BCUT2D eigenvalue weighted by Crippen LogP contribution is -2.45. The number of benzene rings is 1. The Balaban J connectivity index is 2.40. The van der Waals surface area contributed by atoms with Crippen LogP contribution in [0.4, 0.5) is 0 Å². The zero-order valence-electron chi connectivity index (χ0n) is 8.29. The Kier molecular flexibility index (Phi) is 2.06. The van der Waals surface area contributed by atoms with Crippen molar-refractivity contribution in [3.05, 3.63) is 35.4 Å². The minimum absolute atomic E-state index is 0.578. The van der Waals surface area contributed by atoms with Gasteiger partial charge in [0.05, 0.1) is 5.41 Å². The van der Waals surface area contributed by atoms with Gasteiger partial charge < -0.3 is 5.11 Å². The number of carboxylic acids is 1. The quantitative estimate of drug-likeness (QED) is 0.794. The van der Waals surface area contributed by atoms with Crippen LogP contribution in [-0.4, -0.2) is 11.1 Å². The van der Waals surface area contributed by atoms with E-state index in [9.17, 15) is 9.90 Å². The molecule has 0 saturated heterocycles. The van der Waals surface area contributed by atoms with Gasteiger partial charge in [-0.2, -0.15) is 0 Å². The van der Waals surface area contributed by atoms with Crippen LogP contribution in [0.25, 0.3) is 0 Å². The highest BCUT2D eigenvalue weighted by molar-refractivity contribution is 5.85. The summed E-state index contributed by atoms with van der Waals surface area (Å²) in [5.74, 6) is -0.668. The van der Waals surface area contributed by atoms with Gasteiger partial charge in [-0.05, 0) is 24.0 Å². The van der Waals surface area contributed by atoms with Gasteiger partial charge in [0.15, 0.2) is 0 Å². The summed E-state index contributed by atoms with van der Waals surface area (Å²) in [4.78, 5) is 11.3. The molecule has 0 saturated carbocycles. The second kappa shape index (κ2) is 3.12. The van der Waals surface area contributed by atoms with Crippen LogP contribution in [0.2, 0.25) is 0 Å². The van der Waals surface area contributed by atoms with Crippen LogP contribution in [0.3, 0.4) is 0 Å². The number of aliphatic carboxylic acids is 1. The molecule has 0 amide bonds. The fourth-order valence-electron chi connectivity index (χ4n) is 2.40. The summed E-state index contributed by atoms with van der Waals surface area (Å²) in [5.41, 5.74) is 1.64. The predicted octanol–water partition coefficient (Wildman–Crippen LogP) is 2.37. The van der Waals surface area contributed by atoms with E-state index in [0.717, 1.165) is 18.4 Å². The molecule has 0 aliphatic heterocycles. The Labute approximate surface area is 83.6 Å². The Morgan fingerprint density at radius 2 is 2.21 bits per heavy atom. The number of fused-ring (bicyclic) bond motifs is 1. The Morgan fingerprint density at radius 3 is 2.79 bits per heavy atom. The van der Waals surface area contributed by atoms with Crippen LogP contribution >= 0.6 is 0 Å². The van der Waals surface area contributed by atoms with Crippen LogP contribution < -0.4 is 0 Å². The van der Waals surface area contributed by atoms with Crippen LogP contribution in [-0.2, 0) is 16.6 Å². The molecular weight excluding hydrogens is 176 g/mol. The molecule has 1 aliphatic carbocycles. The third-order valence-electron chi connectivity index (χ3n) is 3.11. The summed E-state index contributed by atoms with van der Waals surface area (Å²) in [5, 5.41) is 9.26.